The number of hydrogen-bond acceptors (Lipinski definition) is 2. The van der Waals surface area contributed by atoms with Crippen molar-refractivity contribution in [2.45, 2.75) is 64.9 Å². The van der Waals surface area contributed by atoms with E-state index in [2.05, 4.69) is 32.9 Å². The van der Waals surface area contributed by atoms with Gasteiger partial charge in [0.1, 0.15) is 5.75 Å². The van der Waals surface area contributed by atoms with Crippen LogP contribution in [0, 0.1) is 11.3 Å². The van der Waals surface area contributed by atoms with Crippen molar-refractivity contribution in [1.29, 1.82) is 0 Å². The topological polar surface area (TPSA) is 29.5 Å². The summed E-state index contributed by atoms with van der Waals surface area (Å²) in [7, 11) is 1.69. The maximum atomic E-state index is 10.8. The molecule has 0 amide bonds. The van der Waals surface area contributed by atoms with Gasteiger partial charge in [0.25, 0.3) is 0 Å². The highest BCUT2D eigenvalue weighted by atomic mass is 16.5. The van der Waals surface area contributed by atoms with Crippen LogP contribution in [0.15, 0.2) is 24.3 Å². The third-order valence-electron chi connectivity index (χ3n) is 5.18. The van der Waals surface area contributed by atoms with Gasteiger partial charge in [0.15, 0.2) is 0 Å². The molecular weight excluding hydrogens is 260 g/mol. The van der Waals surface area contributed by atoms with Crippen molar-refractivity contribution in [2.75, 3.05) is 7.11 Å². The van der Waals surface area contributed by atoms with Crippen LogP contribution < -0.4 is 4.74 Å². The van der Waals surface area contributed by atoms with E-state index in [0.717, 1.165) is 50.2 Å². The van der Waals surface area contributed by atoms with E-state index in [1.807, 2.05) is 12.1 Å². The van der Waals surface area contributed by atoms with Gasteiger partial charge in [-0.3, -0.25) is 0 Å². The molecule has 2 rings (SSSR count). The first-order valence-corrected chi connectivity index (χ1v) is 8.18. The monoisotopic (exact) mass is 290 g/mol. The Bertz CT molecular complexity index is 434. The van der Waals surface area contributed by atoms with E-state index in [-0.39, 0.29) is 0 Å². The highest BCUT2D eigenvalue weighted by Crippen LogP contribution is 2.42. The molecule has 1 aliphatic rings. The van der Waals surface area contributed by atoms with Crippen LogP contribution >= 0.6 is 0 Å². The molecule has 2 nitrogen and oxygen atoms in total. The number of ether oxygens (including phenoxy) is 1. The fourth-order valence-electron chi connectivity index (χ4n) is 3.44. The predicted molar refractivity (Wildman–Crippen MR) is 87.7 cm³/mol. The quantitative estimate of drug-likeness (QED) is 0.878. The maximum Gasteiger partial charge on any atom is 0.118 e. The van der Waals surface area contributed by atoms with Gasteiger partial charge < -0.3 is 9.84 Å². The van der Waals surface area contributed by atoms with Crippen LogP contribution in [-0.2, 0) is 6.42 Å². The summed E-state index contributed by atoms with van der Waals surface area (Å²) >= 11 is 0. The summed E-state index contributed by atoms with van der Waals surface area (Å²) < 4.78 is 5.18. The van der Waals surface area contributed by atoms with Crippen LogP contribution in [0.25, 0.3) is 0 Å². The Kier molecular flexibility index (Phi) is 4.98. The molecule has 0 bridgehead atoms. The van der Waals surface area contributed by atoms with Crippen LogP contribution in [0.2, 0.25) is 0 Å². The number of rotatable bonds is 4. The lowest BCUT2D eigenvalue weighted by Crippen LogP contribution is -2.37. The summed E-state index contributed by atoms with van der Waals surface area (Å²) in [5.41, 5.74) is 1.20. The Morgan fingerprint density at radius 2 is 1.71 bits per heavy atom. The second kappa shape index (κ2) is 6.39. The van der Waals surface area contributed by atoms with E-state index in [1.54, 1.807) is 7.11 Å². The lowest BCUT2D eigenvalue weighted by molar-refractivity contribution is -0.0309. The van der Waals surface area contributed by atoms with Crippen LogP contribution in [0.3, 0.4) is 0 Å². The zero-order valence-electron chi connectivity index (χ0n) is 14.0. The summed E-state index contributed by atoms with van der Waals surface area (Å²) in [4.78, 5) is 0. The Morgan fingerprint density at radius 3 is 2.19 bits per heavy atom. The number of methoxy groups -OCH3 is 1. The molecule has 1 aromatic rings. The molecule has 1 aliphatic carbocycles. The molecule has 0 saturated heterocycles. The van der Waals surface area contributed by atoms with Crippen molar-refractivity contribution in [2.24, 2.45) is 11.3 Å². The molecule has 118 valence electrons. The summed E-state index contributed by atoms with van der Waals surface area (Å²) in [5.74, 6) is 1.64. The predicted octanol–water partition coefficient (Wildman–Crippen LogP) is 4.60. The first kappa shape index (κ1) is 16.4. The highest BCUT2D eigenvalue weighted by molar-refractivity contribution is 5.27. The number of aliphatic hydroxyl groups is 1. The molecule has 0 aliphatic heterocycles. The fraction of sp³-hybridized carbons (Fsp3) is 0.684. The lowest BCUT2D eigenvalue weighted by atomic mass is 9.67. The zero-order chi connectivity index (χ0) is 15.5. The van der Waals surface area contributed by atoms with Crippen LogP contribution in [0.5, 0.6) is 5.75 Å². The van der Waals surface area contributed by atoms with Crippen molar-refractivity contribution >= 4 is 0 Å². The maximum absolute atomic E-state index is 10.8. The van der Waals surface area contributed by atoms with Gasteiger partial charge in [-0.2, -0.15) is 0 Å². The minimum atomic E-state index is -0.457. The normalized spacial score (nSPS) is 26.6. The lowest BCUT2D eigenvalue weighted by Gasteiger charge is -2.41. The summed E-state index contributed by atoms with van der Waals surface area (Å²) in [6.07, 6.45) is 6.03. The third-order valence-corrected chi connectivity index (χ3v) is 5.18. The molecule has 1 saturated carbocycles. The second-order valence-electron chi connectivity index (χ2n) is 7.71. The van der Waals surface area contributed by atoms with Gasteiger partial charge in [0.2, 0.25) is 0 Å². The summed E-state index contributed by atoms with van der Waals surface area (Å²) in [6, 6.07) is 8.19. The van der Waals surface area contributed by atoms with Crippen LogP contribution in [0.4, 0.5) is 0 Å². The zero-order valence-corrected chi connectivity index (χ0v) is 14.0. The van der Waals surface area contributed by atoms with E-state index in [0.29, 0.717) is 5.41 Å². The number of aryl methyl sites for hydroxylation is 1. The van der Waals surface area contributed by atoms with Crippen LogP contribution in [-0.4, -0.2) is 17.8 Å². The minimum absolute atomic E-state index is 0.372. The van der Waals surface area contributed by atoms with Gasteiger partial charge in [0, 0.05) is 0 Å². The molecule has 1 aromatic carbocycles. The Balaban J connectivity index is 1.85. The van der Waals surface area contributed by atoms with Crippen molar-refractivity contribution in [3.8, 4) is 5.75 Å². The van der Waals surface area contributed by atoms with Crippen molar-refractivity contribution in [3.05, 3.63) is 29.8 Å². The summed E-state index contributed by atoms with van der Waals surface area (Å²) in [5, 5.41) is 10.8. The molecule has 2 heteroatoms. The summed E-state index contributed by atoms with van der Waals surface area (Å²) in [6.45, 7) is 6.96. The third kappa shape index (κ3) is 4.47. The standard InChI is InChI=1S/C19H30O2/c1-18(2,3)16-10-13-19(20,14-11-16)12-9-15-5-7-17(21-4)8-6-15/h5-8,16,20H,9-14H2,1-4H3. The largest absolute Gasteiger partial charge is 0.497 e. The van der Waals surface area contributed by atoms with Gasteiger partial charge in [-0.05, 0) is 67.6 Å². The molecule has 21 heavy (non-hydrogen) atoms. The molecule has 1 N–H and O–H groups in total. The highest BCUT2D eigenvalue weighted by Gasteiger charge is 2.36. The number of hydrogen-bond donors (Lipinski definition) is 1. The molecule has 0 heterocycles. The van der Waals surface area contributed by atoms with Gasteiger partial charge >= 0.3 is 0 Å². The molecular formula is C19H30O2. The van der Waals surface area contributed by atoms with Crippen molar-refractivity contribution in [3.63, 3.8) is 0 Å². The fourth-order valence-corrected chi connectivity index (χ4v) is 3.44. The first-order chi connectivity index (χ1) is 9.82. The Hall–Kier alpha value is -1.02. The van der Waals surface area contributed by atoms with Gasteiger partial charge in [-0.15, -0.1) is 0 Å². The molecule has 0 atom stereocenters. The van der Waals surface area contributed by atoms with E-state index in [9.17, 15) is 5.11 Å². The van der Waals surface area contributed by atoms with Gasteiger partial charge in [-0.1, -0.05) is 32.9 Å². The van der Waals surface area contributed by atoms with E-state index in [1.165, 1.54) is 5.56 Å². The van der Waals surface area contributed by atoms with Gasteiger partial charge in [0.05, 0.1) is 12.7 Å². The molecule has 0 unspecified atom stereocenters. The van der Waals surface area contributed by atoms with Crippen LogP contribution in [0.1, 0.15) is 58.4 Å². The Labute approximate surface area is 129 Å². The minimum Gasteiger partial charge on any atom is -0.497 e. The van der Waals surface area contributed by atoms with E-state index in [4.69, 9.17) is 4.74 Å². The average Bonchev–Trinajstić information content (AvgIpc) is 2.45. The van der Waals surface area contributed by atoms with Gasteiger partial charge in [-0.25, -0.2) is 0 Å². The molecule has 0 radical (unpaired) electrons. The second-order valence-corrected chi connectivity index (χ2v) is 7.71. The van der Waals surface area contributed by atoms with E-state index >= 15 is 0 Å². The average molecular weight is 290 g/mol. The molecule has 0 spiro atoms. The number of benzene rings is 1. The molecule has 0 aromatic heterocycles. The molecule has 1 fully saturated rings. The van der Waals surface area contributed by atoms with Crippen molar-refractivity contribution < 1.29 is 9.84 Å². The first-order valence-electron chi connectivity index (χ1n) is 8.18. The smallest absolute Gasteiger partial charge is 0.118 e. The SMILES string of the molecule is COc1ccc(CCC2(O)CCC(C(C)(C)C)CC2)cc1. The van der Waals surface area contributed by atoms with E-state index < -0.39 is 5.60 Å². The Morgan fingerprint density at radius 1 is 1.14 bits per heavy atom. The van der Waals surface area contributed by atoms with Crippen molar-refractivity contribution in [1.82, 2.24) is 0 Å².